The molecule has 372 valence electrons. The lowest BCUT2D eigenvalue weighted by molar-refractivity contribution is -0.468. The van der Waals surface area contributed by atoms with Gasteiger partial charge in [0, 0.05) is 24.7 Å². The second-order valence-corrected chi connectivity index (χ2v) is 18.3. The Labute approximate surface area is 419 Å². The minimum atomic E-state index is -1.68. The van der Waals surface area contributed by atoms with Gasteiger partial charge in [-0.15, -0.1) is 0 Å². The van der Waals surface area contributed by atoms with Crippen LogP contribution in [0.25, 0.3) is 0 Å². The molecule has 0 aliphatic carbocycles. The number of esters is 4. The van der Waals surface area contributed by atoms with Crippen molar-refractivity contribution in [3.63, 3.8) is 0 Å². The Hall–Kier alpha value is -7.04. The molecule has 4 aliphatic rings. The second kappa shape index (κ2) is 22.2. The van der Waals surface area contributed by atoms with E-state index in [0.29, 0.717) is 12.8 Å². The zero-order chi connectivity index (χ0) is 50.2. The van der Waals surface area contributed by atoms with E-state index in [0.717, 1.165) is 33.4 Å². The summed E-state index contributed by atoms with van der Waals surface area (Å²) in [5.74, 6) is -3.26. The van der Waals surface area contributed by atoms with Crippen LogP contribution in [0.3, 0.4) is 0 Å². The summed E-state index contributed by atoms with van der Waals surface area (Å²) in [6.07, 6.45) is -0.793. The van der Waals surface area contributed by atoms with E-state index in [2.05, 4.69) is 0 Å². The molecule has 4 aliphatic heterocycles. The molecule has 4 saturated heterocycles. The van der Waals surface area contributed by atoms with Crippen LogP contribution in [0.4, 0.5) is 0 Å². The molecule has 6 aromatic carbocycles. The number of hydroxylamine groups is 4. The van der Waals surface area contributed by atoms with Crippen LogP contribution in [0.5, 0.6) is 0 Å². The van der Waals surface area contributed by atoms with Gasteiger partial charge in [0.25, 0.3) is 0 Å². The second-order valence-electron chi connectivity index (χ2n) is 18.3. The van der Waals surface area contributed by atoms with Crippen LogP contribution in [0.1, 0.15) is 95.3 Å². The van der Waals surface area contributed by atoms with Gasteiger partial charge in [-0.2, -0.15) is 0 Å². The Morgan fingerprint density at radius 2 is 0.583 bits per heavy atom. The summed E-state index contributed by atoms with van der Waals surface area (Å²) < 4.78 is 21.1. The average Bonchev–Trinajstić information content (AvgIpc) is 3.46. The van der Waals surface area contributed by atoms with Gasteiger partial charge in [0.1, 0.15) is 24.4 Å². The maximum absolute atomic E-state index is 13.6. The number of carbonyl (C=O) groups is 4. The molecule has 0 amide bonds. The molecular formula is C58H58N2O12. The fraction of sp³-hybridized carbons (Fsp3) is 0.310. The monoisotopic (exact) mass is 974 g/mol. The standard InChI is InChI=1S/2C29H29NO6/c2*1-33-27(31)29(28(32)34-2)19-25(22-16-10-5-11-17-22)36-30-26(29)23(20-12-6-3-7-13-20)18-24(35-30)21-14-8-4-9-15-21/h2*3-17,23-26H,18-19H2,1-2H3/t2*23-,24-,25+,26+/m10/s1. The summed E-state index contributed by atoms with van der Waals surface area (Å²) in [5.41, 5.74) is 2.17. The first-order valence-electron chi connectivity index (χ1n) is 24.1. The van der Waals surface area contributed by atoms with E-state index in [9.17, 15) is 19.2 Å². The van der Waals surface area contributed by atoms with Gasteiger partial charge in [-0.1, -0.05) is 192 Å². The number of rotatable bonds is 10. The van der Waals surface area contributed by atoms with Crippen LogP contribution < -0.4 is 0 Å². The number of fused-ring (bicyclic) bond motifs is 2. The highest BCUT2D eigenvalue weighted by Crippen LogP contribution is 2.57. The number of hydrogen-bond acceptors (Lipinski definition) is 14. The molecule has 0 saturated carbocycles. The summed E-state index contributed by atoms with van der Waals surface area (Å²) >= 11 is 0. The molecule has 14 nitrogen and oxygen atoms in total. The highest BCUT2D eigenvalue weighted by atomic mass is 17.0. The Morgan fingerprint density at radius 3 is 0.833 bits per heavy atom. The normalized spacial score (nSPS) is 25.4. The van der Waals surface area contributed by atoms with Gasteiger partial charge in [-0.25, -0.2) is 0 Å². The number of nitrogens with zero attached hydrogens (tertiary/aromatic N) is 2. The zero-order valence-electron chi connectivity index (χ0n) is 40.6. The van der Waals surface area contributed by atoms with E-state index in [1.807, 2.05) is 182 Å². The molecular weight excluding hydrogens is 917 g/mol. The third-order valence-electron chi connectivity index (χ3n) is 14.4. The highest BCUT2D eigenvalue weighted by molar-refractivity contribution is 6.02. The van der Waals surface area contributed by atoms with Crippen molar-refractivity contribution in [3.05, 3.63) is 215 Å². The van der Waals surface area contributed by atoms with Gasteiger partial charge in [-0.05, 0) is 46.2 Å². The fourth-order valence-electron chi connectivity index (χ4n) is 11.0. The fourth-order valence-corrected chi connectivity index (χ4v) is 11.0. The van der Waals surface area contributed by atoms with E-state index in [-0.39, 0.29) is 36.9 Å². The van der Waals surface area contributed by atoms with Gasteiger partial charge in [-0.3, -0.25) is 38.5 Å². The average molecular weight is 975 g/mol. The first-order chi connectivity index (χ1) is 35.2. The van der Waals surface area contributed by atoms with Crippen LogP contribution in [-0.2, 0) is 57.5 Å². The summed E-state index contributed by atoms with van der Waals surface area (Å²) in [6.45, 7) is 0. The Balaban J connectivity index is 0.000000178. The minimum Gasteiger partial charge on any atom is -0.468 e. The smallest absolute Gasteiger partial charge is 0.325 e. The van der Waals surface area contributed by atoms with E-state index < -0.39 is 59.0 Å². The van der Waals surface area contributed by atoms with E-state index >= 15 is 0 Å². The van der Waals surface area contributed by atoms with Crippen molar-refractivity contribution in [2.45, 2.75) is 74.0 Å². The molecule has 0 aromatic heterocycles. The molecule has 0 spiro atoms. The lowest BCUT2D eigenvalue weighted by Crippen LogP contribution is -2.65. The van der Waals surface area contributed by atoms with Gasteiger partial charge in [0.15, 0.2) is 10.8 Å². The maximum atomic E-state index is 13.6. The third kappa shape index (κ3) is 9.57. The molecule has 0 radical (unpaired) electrons. The lowest BCUT2D eigenvalue weighted by Gasteiger charge is -2.53. The largest absolute Gasteiger partial charge is 0.468 e. The maximum Gasteiger partial charge on any atom is 0.325 e. The summed E-state index contributed by atoms with van der Waals surface area (Å²) in [4.78, 5) is 80.0. The quantitative estimate of drug-likeness (QED) is 0.0728. The van der Waals surface area contributed by atoms with Crippen LogP contribution in [0.2, 0.25) is 0 Å². The summed E-state index contributed by atoms with van der Waals surface area (Å²) in [5, 5.41) is 2.74. The van der Waals surface area contributed by atoms with Crippen molar-refractivity contribution in [2.75, 3.05) is 28.4 Å². The Morgan fingerprint density at radius 1 is 0.361 bits per heavy atom. The van der Waals surface area contributed by atoms with Gasteiger partial charge in [0.05, 0.1) is 40.5 Å². The van der Waals surface area contributed by atoms with Crippen molar-refractivity contribution >= 4 is 23.9 Å². The number of hydrogen-bond donors (Lipinski definition) is 0. The third-order valence-corrected chi connectivity index (χ3v) is 14.4. The molecule has 0 unspecified atom stereocenters. The van der Waals surface area contributed by atoms with Crippen molar-refractivity contribution < 1.29 is 57.5 Å². The summed E-state index contributed by atoms with van der Waals surface area (Å²) in [6, 6.07) is 56.7. The Bertz CT molecular complexity index is 2530. The number of carbonyl (C=O) groups excluding carboxylic acids is 4. The van der Waals surface area contributed by atoms with E-state index in [4.69, 9.17) is 38.3 Å². The van der Waals surface area contributed by atoms with Gasteiger partial charge in [0.2, 0.25) is 0 Å². The Kier molecular flexibility index (Phi) is 15.4. The van der Waals surface area contributed by atoms with Crippen LogP contribution in [-0.4, -0.2) is 74.9 Å². The van der Waals surface area contributed by atoms with Gasteiger partial charge >= 0.3 is 23.9 Å². The first-order valence-corrected chi connectivity index (χ1v) is 24.1. The molecule has 6 aromatic rings. The van der Waals surface area contributed by atoms with E-state index in [1.165, 1.54) is 38.9 Å². The highest BCUT2D eigenvalue weighted by Gasteiger charge is 2.67. The van der Waals surface area contributed by atoms with E-state index in [1.54, 1.807) is 0 Å². The predicted octanol–water partition coefficient (Wildman–Crippen LogP) is 9.85. The van der Waals surface area contributed by atoms with Crippen molar-refractivity contribution in [2.24, 2.45) is 10.8 Å². The predicted molar refractivity (Wildman–Crippen MR) is 262 cm³/mol. The topological polar surface area (TPSA) is 149 Å². The van der Waals surface area contributed by atoms with Crippen LogP contribution >= 0.6 is 0 Å². The first kappa shape index (κ1) is 49.9. The number of ether oxygens (including phenoxy) is 4. The summed E-state index contributed by atoms with van der Waals surface area (Å²) in [7, 11) is 5.16. The van der Waals surface area contributed by atoms with Crippen LogP contribution in [0, 0.1) is 10.8 Å². The SMILES string of the molecule is COC(=O)C1(C(=O)OC)C[C@@H](c2ccccc2)ON2O[C@@H](c3ccccc3)C[C@H](c3ccccc3)[C@H]21.COC(=O)C1(C(=O)OC)C[C@H](c2ccccc2)ON2O[C@H](c3ccccc3)C[C@@H](c3ccccc3)[C@@H]21. The molecule has 14 heteroatoms. The molecule has 4 heterocycles. The molecule has 72 heavy (non-hydrogen) atoms. The van der Waals surface area contributed by atoms with Crippen LogP contribution in [0.15, 0.2) is 182 Å². The van der Waals surface area contributed by atoms with Gasteiger partial charge < -0.3 is 18.9 Å². The molecule has 4 fully saturated rings. The number of methoxy groups -OCH3 is 4. The van der Waals surface area contributed by atoms with Crippen molar-refractivity contribution in [1.82, 2.24) is 10.5 Å². The molecule has 10 rings (SSSR count). The van der Waals surface area contributed by atoms with Crippen molar-refractivity contribution in [3.8, 4) is 0 Å². The molecule has 0 bridgehead atoms. The molecule has 0 N–H and O–H groups in total. The lowest BCUT2D eigenvalue weighted by atomic mass is 9.66. The van der Waals surface area contributed by atoms with Crippen molar-refractivity contribution in [1.29, 1.82) is 0 Å². The minimum absolute atomic E-state index is 0.0558. The number of benzene rings is 6. The molecule has 8 atom stereocenters. The zero-order valence-corrected chi connectivity index (χ0v) is 40.6.